The van der Waals surface area contributed by atoms with Crippen LogP contribution in [-0.4, -0.2) is 26.8 Å². The van der Waals surface area contributed by atoms with E-state index >= 15 is 0 Å². The van der Waals surface area contributed by atoms with Crippen molar-refractivity contribution < 1.29 is 9.53 Å². The van der Waals surface area contributed by atoms with E-state index in [9.17, 15) is 4.79 Å². The molecule has 4 heteroatoms. The minimum absolute atomic E-state index is 0.435. The first kappa shape index (κ1) is 9.83. The lowest BCUT2D eigenvalue weighted by atomic mass is 10.1. The lowest BCUT2D eigenvalue weighted by Gasteiger charge is -2.13. The number of hydrogen-bond acceptors (Lipinski definition) is 3. The van der Waals surface area contributed by atoms with Crippen molar-refractivity contribution in [2.75, 3.05) is 30.9 Å². The van der Waals surface area contributed by atoms with Crippen LogP contribution in [0.15, 0.2) is 18.2 Å². The summed E-state index contributed by atoms with van der Waals surface area (Å²) in [5.74, 6) is 0. The van der Waals surface area contributed by atoms with E-state index < -0.39 is 6.09 Å². The monoisotopic (exact) mass is 206 g/mol. The highest BCUT2D eigenvalue weighted by Crippen LogP contribution is 2.29. The van der Waals surface area contributed by atoms with Crippen LogP contribution < -0.4 is 10.2 Å². The fraction of sp³-hybridized carbons (Fsp3) is 0.364. The maximum Gasteiger partial charge on any atom is 0.411 e. The van der Waals surface area contributed by atoms with Gasteiger partial charge in [0, 0.05) is 25.0 Å². The largest absolute Gasteiger partial charge is 0.453 e. The number of nitrogens with zero attached hydrogens (tertiary/aromatic N) is 1. The summed E-state index contributed by atoms with van der Waals surface area (Å²) in [6.07, 6.45) is 0.639. The van der Waals surface area contributed by atoms with Gasteiger partial charge in [-0.05, 0) is 24.1 Å². The highest BCUT2D eigenvalue weighted by Gasteiger charge is 2.15. The second kappa shape index (κ2) is 3.81. The molecule has 1 aliphatic heterocycles. The Morgan fingerprint density at radius 2 is 2.33 bits per heavy atom. The topological polar surface area (TPSA) is 41.6 Å². The third-order valence-corrected chi connectivity index (χ3v) is 2.64. The molecular weight excluding hydrogens is 192 g/mol. The molecule has 1 aliphatic rings. The van der Waals surface area contributed by atoms with Crippen molar-refractivity contribution in [2.24, 2.45) is 0 Å². The van der Waals surface area contributed by atoms with Crippen LogP contribution in [0.3, 0.4) is 0 Å². The molecule has 0 bridgehead atoms. The third kappa shape index (κ3) is 1.88. The van der Waals surface area contributed by atoms with Crippen LogP contribution >= 0.6 is 0 Å². The maximum atomic E-state index is 11.0. The van der Waals surface area contributed by atoms with E-state index in [4.69, 9.17) is 0 Å². The summed E-state index contributed by atoms with van der Waals surface area (Å²) < 4.78 is 4.54. The number of nitrogens with one attached hydrogen (secondary N) is 1. The molecular formula is C11H14N2O2. The van der Waals surface area contributed by atoms with Gasteiger partial charge < -0.3 is 9.64 Å². The summed E-state index contributed by atoms with van der Waals surface area (Å²) >= 11 is 0. The van der Waals surface area contributed by atoms with E-state index in [0.717, 1.165) is 18.7 Å². The number of likely N-dealkylation sites (N-methyl/N-ethyl adjacent to an activating group) is 1. The first-order chi connectivity index (χ1) is 7.20. The summed E-state index contributed by atoms with van der Waals surface area (Å²) in [6.45, 7) is 1.04. The van der Waals surface area contributed by atoms with Crippen molar-refractivity contribution in [1.82, 2.24) is 0 Å². The zero-order valence-corrected chi connectivity index (χ0v) is 8.91. The van der Waals surface area contributed by atoms with Crippen LogP contribution in [0, 0.1) is 0 Å². The summed E-state index contributed by atoms with van der Waals surface area (Å²) in [5.41, 5.74) is 3.28. The van der Waals surface area contributed by atoms with Crippen LogP contribution in [0.25, 0.3) is 0 Å². The maximum absolute atomic E-state index is 11.0. The molecule has 0 spiro atoms. The fourth-order valence-electron chi connectivity index (χ4n) is 1.79. The number of rotatable bonds is 1. The first-order valence-electron chi connectivity index (χ1n) is 4.90. The summed E-state index contributed by atoms with van der Waals surface area (Å²) in [4.78, 5) is 13.2. The molecule has 0 atom stereocenters. The molecule has 0 unspecified atom stereocenters. The lowest BCUT2D eigenvalue weighted by Crippen LogP contribution is -2.14. The van der Waals surface area contributed by atoms with Gasteiger partial charge >= 0.3 is 6.09 Å². The molecule has 2 rings (SSSR count). The number of benzene rings is 1. The second-order valence-electron chi connectivity index (χ2n) is 3.63. The zero-order valence-electron chi connectivity index (χ0n) is 8.91. The molecule has 80 valence electrons. The van der Waals surface area contributed by atoms with Gasteiger partial charge in [0.1, 0.15) is 0 Å². The van der Waals surface area contributed by atoms with Crippen LogP contribution in [0.2, 0.25) is 0 Å². The number of methoxy groups -OCH3 is 1. The Morgan fingerprint density at radius 1 is 1.53 bits per heavy atom. The molecule has 1 aromatic carbocycles. The minimum Gasteiger partial charge on any atom is -0.453 e. The van der Waals surface area contributed by atoms with Gasteiger partial charge in [0.2, 0.25) is 0 Å². The molecule has 0 radical (unpaired) electrons. The van der Waals surface area contributed by atoms with Gasteiger partial charge in [-0.15, -0.1) is 0 Å². The predicted octanol–water partition coefficient (Wildman–Crippen LogP) is 1.86. The Labute approximate surface area is 88.8 Å². The number of carbonyl (C=O) groups is 1. The van der Waals surface area contributed by atoms with Crippen molar-refractivity contribution in [1.29, 1.82) is 0 Å². The van der Waals surface area contributed by atoms with Gasteiger partial charge in [0.05, 0.1) is 7.11 Å². The standard InChI is InChI=1S/C11H14N2O2/c1-13-6-5-8-3-4-9(7-10(8)13)12-11(14)15-2/h3-4,7H,5-6H2,1-2H3,(H,12,14). The fourth-order valence-corrected chi connectivity index (χ4v) is 1.79. The van der Waals surface area contributed by atoms with Crippen molar-refractivity contribution in [3.05, 3.63) is 23.8 Å². The number of carbonyl (C=O) groups excluding carboxylic acids is 1. The summed E-state index contributed by atoms with van der Waals surface area (Å²) in [7, 11) is 3.41. The normalized spacial score (nSPS) is 13.6. The Hall–Kier alpha value is -1.71. The van der Waals surface area contributed by atoms with Gasteiger partial charge in [-0.1, -0.05) is 6.07 Å². The average molecular weight is 206 g/mol. The van der Waals surface area contributed by atoms with E-state index in [2.05, 4.69) is 15.0 Å². The summed E-state index contributed by atoms with van der Waals surface area (Å²) in [5, 5.41) is 2.65. The molecule has 0 aliphatic carbocycles. The Balaban J connectivity index is 2.21. The average Bonchev–Trinajstić information content (AvgIpc) is 2.60. The molecule has 1 aromatic rings. The van der Waals surface area contributed by atoms with Crippen LogP contribution in [-0.2, 0) is 11.2 Å². The van der Waals surface area contributed by atoms with Gasteiger partial charge in [0.15, 0.2) is 0 Å². The van der Waals surface area contributed by atoms with Crippen LogP contribution in [0.4, 0.5) is 16.2 Å². The predicted molar refractivity (Wildman–Crippen MR) is 59.4 cm³/mol. The van der Waals surface area contributed by atoms with Crippen LogP contribution in [0.5, 0.6) is 0 Å². The third-order valence-electron chi connectivity index (χ3n) is 2.64. The molecule has 0 saturated carbocycles. The van der Waals surface area contributed by atoms with E-state index in [-0.39, 0.29) is 0 Å². The SMILES string of the molecule is COC(=O)Nc1ccc2c(c1)N(C)CC2. The Morgan fingerprint density at radius 3 is 3.07 bits per heavy atom. The lowest BCUT2D eigenvalue weighted by molar-refractivity contribution is 0.187. The van der Waals surface area contributed by atoms with E-state index in [0.29, 0.717) is 0 Å². The molecule has 1 amide bonds. The minimum atomic E-state index is -0.435. The van der Waals surface area contributed by atoms with Gasteiger partial charge in [-0.2, -0.15) is 0 Å². The molecule has 0 fully saturated rings. The smallest absolute Gasteiger partial charge is 0.411 e. The number of amides is 1. The molecule has 4 nitrogen and oxygen atoms in total. The number of anilines is 2. The van der Waals surface area contributed by atoms with Crippen molar-refractivity contribution in [3.63, 3.8) is 0 Å². The molecule has 1 N–H and O–H groups in total. The van der Waals surface area contributed by atoms with E-state index in [1.54, 1.807) is 0 Å². The van der Waals surface area contributed by atoms with Gasteiger partial charge in [-0.25, -0.2) is 4.79 Å². The highest BCUT2D eigenvalue weighted by molar-refractivity contribution is 5.85. The molecule has 0 aromatic heterocycles. The summed E-state index contributed by atoms with van der Waals surface area (Å²) in [6, 6.07) is 5.91. The van der Waals surface area contributed by atoms with Crippen molar-refractivity contribution >= 4 is 17.5 Å². The molecule has 0 saturated heterocycles. The number of hydrogen-bond donors (Lipinski definition) is 1. The van der Waals surface area contributed by atoms with Crippen molar-refractivity contribution in [3.8, 4) is 0 Å². The van der Waals surface area contributed by atoms with Gasteiger partial charge in [-0.3, -0.25) is 5.32 Å². The quantitative estimate of drug-likeness (QED) is 0.762. The molecule has 1 heterocycles. The Bertz CT molecular complexity index is 390. The van der Waals surface area contributed by atoms with E-state index in [1.807, 2.05) is 25.2 Å². The highest BCUT2D eigenvalue weighted by atomic mass is 16.5. The Kier molecular flexibility index (Phi) is 2.49. The van der Waals surface area contributed by atoms with Gasteiger partial charge in [0.25, 0.3) is 0 Å². The second-order valence-corrected chi connectivity index (χ2v) is 3.63. The molecule has 15 heavy (non-hydrogen) atoms. The number of ether oxygens (including phenoxy) is 1. The van der Waals surface area contributed by atoms with Crippen molar-refractivity contribution in [2.45, 2.75) is 6.42 Å². The zero-order chi connectivity index (χ0) is 10.8. The van der Waals surface area contributed by atoms with E-state index in [1.165, 1.54) is 18.4 Å². The number of fused-ring (bicyclic) bond motifs is 1. The first-order valence-corrected chi connectivity index (χ1v) is 4.90. The van der Waals surface area contributed by atoms with Crippen LogP contribution in [0.1, 0.15) is 5.56 Å².